The Morgan fingerprint density at radius 2 is 1.86 bits per heavy atom. The minimum absolute atomic E-state index is 0.117. The quantitative estimate of drug-likeness (QED) is 0.179. The van der Waals surface area contributed by atoms with E-state index < -0.39 is 11.7 Å². The third kappa shape index (κ3) is 7.08. The minimum atomic E-state index is -0.499. The molecule has 1 aliphatic heterocycles. The molecular formula is C33H32FN7O3. The van der Waals surface area contributed by atoms with E-state index in [0.717, 1.165) is 67.4 Å². The van der Waals surface area contributed by atoms with Crippen molar-refractivity contribution < 1.29 is 18.7 Å². The van der Waals surface area contributed by atoms with Gasteiger partial charge in [0, 0.05) is 42.8 Å². The van der Waals surface area contributed by atoms with Gasteiger partial charge >= 0.3 is 0 Å². The first-order valence-electron chi connectivity index (χ1n) is 14.4. The summed E-state index contributed by atoms with van der Waals surface area (Å²) in [5, 5.41) is 10.2. The van der Waals surface area contributed by atoms with Gasteiger partial charge in [-0.25, -0.2) is 19.3 Å². The summed E-state index contributed by atoms with van der Waals surface area (Å²) in [6, 6.07) is 20.5. The number of hydrogen-bond acceptors (Lipinski definition) is 9. The van der Waals surface area contributed by atoms with Crippen molar-refractivity contribution in [1.82, 2.24) is 19.9 Å². The molecular weight excluding hydrogens is 561 g/mol. The fraction of sp³-hybridized carbons (Fsp3) is 0.212. The zero-order valence-corrected chi connectivity index (χ0v) is 24.2. The molecule has 5 aromatic rings. The van der Waals surface area contributed by atoms with E-state index in [2.05, 4.69) is 35.8 Å². The lowest BCUT2D eigenvalue weighted by Gasteiger charge is -2.26. The number of pyridine rings is 1. The molecule has 1 aliphatic rings. The monoisotopic (exact) mass is 593 g/mol. The van der Waals surface area contributed by atoms with E-state index in [1.165, 1.54) is 18.5 Å². The number of amides is 1. The third-order valence-electron chi connectivity index (χ3n) is 7.24. The molecule has 0 bridgehead atoms. The van der Waals surface area contributed by atoms with Crippen LogP contribution in [0.25, 0.3) is 10.9 Å². The van der Waals surface area contributed by atoms with Gasteiger partial charge in [-0.2, -0.15) is 0 Å². The molecule has 1 saturated heterocycles. The van der Waals surface area contributed by atoms with Crippen LogP contribution in [0.2, 0.25) is 0 Å². The molecule has 0 spiro atoms. The summed E-state index contributed by atoms with van der Waals surface area (Å²) in [6.07, 6.45) is 3.25. The van der Waals surface area contributed by atoms with Crippen molar-refractivity contribution >= 4 is 39.8 Å². The zero-order valence-electron chi connectivity index (χ0n) is 24.2. The van der Waals surface area contributed by atoms with E-state index in [1.807, 2.05) is 31.2 Å². The number of para-hydroxylation sites is 1. The molecule has 0 saturated carbocycles. The molecule has 3 heterocycles. The second-order valence-electron chi connectivity index (χ2n) is 10.4. The Bertz CT molecular complexity index is 1780. The minimum Gasteiger partial charge on any atom is -0.457 e. The molecule has 2 aromatic heterocycles. The number of fused-ring (bicyclic) bond motifs is 1. The number of morpholine rings is 1. The second kappa shape index (κ2) is 13.4. The van der Waals surface area contributed by atoms with Gasteiger partial charge < -0.3 is 25.4 Å². The Kier molecular flexibility index (Phi) is 8.85. The van der Waals surface area contributed by atoms with Crippen molar-refractivity contribution in [3.63, 3.8) is 0 Å². The van der Waals surface area contributed by atoms with Crippen molar-refractivity contribution in [2.45, 2.75) is 6.92 Å². The molecule has 224 valence electrons. The maximum absolute atomic E-state index is 14.0. The predicted molar refractivity (Wildman–Crippen MR) is 168 cm³/mol. The maximum atomic E-state index is 14.0. The maximum Gasteiger partial charge on any atom is 0.255 e. The lowest BCUT2D eigenvalue weighted by molar-refractivity contribution is 0.0398. The average Bonchev–Trinajstić information content (AvgIpc) is 3.04. The molecule has 3 N–H and O–H groups in total. The summed E-state index contributed by atoms with van der Waals surface area (Å²) in [4.78, 5) is 28.5. The van der Waals surface area contributed by atoms with Crippen LogP contribution in [-0.4, -0.2) is 65.2 Å². The number of aromatic nitrogens is 3. The van der Waals surface area contributed by atoms with Crippen molar-refractivity contribution in [3.8, 4) is 11.5 Å². The Balaban J connectivity index is 1.12. The van der Waals surface area contributed by atoms with E-state index in [0.29, 0.717) is 22.9 Å². The second-order valence-corrected chi connectivity index (χ2v) is 10.4. The molecule has 11 heteroatoms. The Hall–Kier alpha value is -5.13. The topological polar surface area (TPSA) is 114 Å². The number of rotatable bonds is 10. The molecule has 0 atom stereocenters. The van der Waals surface area contributed by atoms with Gasteiger partial charge in [-0.15, -0.1) is 0 Å². The van der Waals surface area contributed by atoms with Crippen molar-refractivity contribution in [1.29, 1.82) is 0 Å². The molecule has 6 rings (SSSR count). The molecule has 0 radical (unpaired) electrons. The van der Waals surface area contributed by atoms with Crippen molar-refractivity contribution in [2.24, 2.45) is 0 Å². The molecule has 1 amide bonds. The van der Waals surface area contributed by atoms with Gasteiger partial charge in [-0.3, -0.25) is 9.69 Å². The molecule has 0 aliphatic carbocycles. The fourth-order valence-electron chi connectivity index (χ4n) is 4.89. The van der Waals surface area contributed by atoms with Gasteiger partial charge in [0.15, 0.2) is 0 Å². The van der Waals surface area contributed by atoms with E-state index in [-0.39, 0.29) is 5.69 Å². The Morgan fingerprint density at radius 1 is 1.00 bits per heavy atom. The summed E-state index contributed by atoms with van der Waals surface area (Å²) < 4.78 is 25.5. The Labute approximate surface area is 254 Å². The number of carbonyl (C=O) groups is 1. The third-order valence-corrected chi connectivity index (χ3v) is 7.24. The highest BCUT2D eigenvalue weighted by Gasteiger charge is 2.13. The first-order chi connectivity index (χ1) is 21.5. The lowest BCUT2D eigenvalue weighted by Crippen LogP contribution is -2.39. The van der Waals surface area contributed by atoms with Crippen LogP contribution in [0, 0.1) is 12.7 Å². The molecule has 1 fully saturated rings. The van der Waals surface area contributed by atoms with Gasteiger partial charge in [-0.1, -0.05) is 18.2 Å². The highest BCUT2D eigenvalue weighted by molar-refractivity contribution is 6.04. The summed E-state index contributed by atoms with van der Waals surface area (Å²) in [5.74, 6) is 1.60. The van der Waals surface area contributed by atoms with E-state index in [9.17, 15) is 9.18 Å². The van der Waals surface area contributed by atoms with Crippen LogP contribution in [0.1, 0.15) is 15.9 Å². The van der Waals surface area contributed by atoms with Crippen LogP contribution in [-0.2, 0) is 4.74 Å². The first kappa shape index (κ1) is 29.0. The van der Waals surface area contributed by atoms with Crippen LogP contribution >= 0.6 is 0 Å². The van der Waals surface area contributed by atoms with E-state index in [1.54, 1.807) is 42.6 Å². The number of anilines is 4. The summed E-state index contributed by atoms with van der Waals surface area (Å²) >= 11 is 0. The van der Waals surface area contributed by atoms with Crippen LogP contribution < -0.4 is 20.7 Å². The zero-order chi connectivity index (χ0) is 30.3. The standard InChI is InChI=1S/C33H32FN7O3/c1-22-17-24(9-10-30(22)44-25-6-4-5-23(18-25)33(42)40-28-8-3-2-7-27(28)34)39-32-26-19-31(36-20-29(26)37-21-38-32)35-11-12-41-13-15-43-16-14-41/h2-10,17-21H,11-16H2,1H3,(H,35,36)(H,40,42)(H,37,38,39). The number of nitrogens with one attached hydrogen (secondary N) is 3. The number of carbonyl (C=O) groups excluding carboxylic acids is 1. The van der Waals surface area contributed by atoms with E-state index >= 15 is 0 Å². The molecule has 3 aromatic carbocycles. The predicted octanol–water partition coefficient (Wildman–Crippen LogP) is 6.00. The number of benzene rings is 3. The van der Waals surface area contributed by atoms with Crippen LogP contribution in [0.5, 0.6) is 11.5 Å². The average molecular weight is 594 g/mol. The number of halogens is 1. The Morgan fingerprint density at radius 3 is 2.70 bits per heavy atom. The highest BCUT2D eigenvalue weighted by atomic mass is 19.1. The van der Waals surface area contributed by atoms with Gasteiger partial charge in [0.05, 0.1) is 30.6 Å². The lowest BCUT2D eigenvalue weighted by atomic mass is 10.1. The van der Waals surface area contributed by atoms with Crippen molar-refractivity contribution in [2.75, 3.05) is 55.3 Å². The summed E-state index contributed by atoms with van der Waals surface area (Å²) in [5.41, 5.74) is 2.90. The SMILES string of the molecule is Cc1cc(Nc2ncnc3cnc(NCCN4CCOCC4)cc23)ccc1Oc1cccc(C(=O)Nc2ccccc2F)c1. The van der Waals surface area contributed by atoms with Gasteiger partial charge in [0.25, 0.3) is 5.91 Å². The number of nitrogens with zero attached hydrogens (tertiary/aromatic N) is 4. The summed E-state index contributed by atoms with van der Waals surface area (Å²) in [6.45, 7) is 7.06. The molecule has 10 nitrogen and oxygen atoms in total. The van der Waals surface area contributed by atoms with Crippen LogP contribution in [0.4, 0.5) is 27.4 Å². The van der Waals surface area contributed by atoms with Crippen LogP contribution in [0.15, 0.2) is 85.3 Å². The van der Waals surface area contributed by atoms with Gasteiger partial charge in [-0.05, 0) is 67.1 Å². The smallest absolute Gasteiger partial charge is 0.255 e. The summed E-state index contributed by atoms with van der Waals surface area (Å²) in [7, 11) is 0. The molecule has 0 unspecified atom stereocenters. The van der Waals surface area contributed by atoms with E-state index in [4.69, 9.17) is 9.47 Å². The number of hydrogen-bond donors (Lipinski definition) is 3. The first-order valence-corrected chi connectivity index (χ1v) is 14.4. The van der Waals surface area contributed by atoms with Crippen molar-refractivity contribution in [3.05, 3.63) is 102 Å². The van der Waals surface area contributed by atoms with Gasteiger partial charge in [0.2, 0.25) is 0 Å². The normalized spacial score (nSPS) is 13.4. The number of aryl methyl sites for hydroxylation is 1. The number of ether oxygens (including phenoxy) is 2. The highest BCUT2D eigenvalue weighted by Crippen LogP contribution is 2.30. The fourth-order valence-corrected chi connectivity index (χ4v) is 4.89. The largest absolute Gasteiger partial charge is 0.457 e. The van der Waals surface area contributed by atoms with Crippen LogP contribution in [0.3, 0.4) is 0 Å². The van der Waals surface area contributed by atoms with Gasteiger partial charge in [0.1, 0.15) is 35.3 Å². The molecule has 44 heavy (non-hydrogen) atoms.